The number of hydrogen-bond acceptors (Lipinski definition) is 3. The van der Waals surface area contributed by atoms with Crippen molar-refractivity contribution in [2.45, 2.75) is 0 Å². The van der Waals surface area contributed by atoms with Crippen LogP contribution in [-0.2, 0) is 4.74 Å². The first-order valence-corrected chi connectivity index (χ1v) is 7.31. The number of imidazole rings is 1. The van der Waals surface area contributed by atoms with E-state index in [0.29, 0.717) is 5.69 Å². The molecule has 114 valence electrons. The average molecular weight is 304 g/mol. The lowest BCUT2D eigenvalue weighted by Crippen LogP contribution is -2.10. The van der Waals surface area contributed by atoms with Crippen LogP contribution < -0.4 is 0 Å². The summed E-state index contributed by atoms with van der Waals surface area (Å²) in [6, 6.07) is 19.4. The molecule has 3 aromatic rings. The summed E-state index contributed by atoms with van der Waals surface area (Å²) in [7, 11) is 0. The van der Waals surface area contributed by atoms with Crippen molar-refractivity contribution in [3.05, 3.63) is 90.5 Å². The Hall–Kier alpha value is -3.14. The molecule has 0 fully saturated rings. The molecule has 3 rings (SSSR count). The van der Waals surface area contributed by atoms with Crippen molar-refractivity contribution in [2.75, 3.05) is 6.61 Å². The van der Waals surface area contributed by atoms with Gasteiger partial charge in [-0.25, -0.2) is 9.78 Å². The highest BCUT2D eigenvalue weighted by molar-refractivity contribution is 5.88. The average Bonchev–Trinajstić information content (AvgIpc) is 3.10. The lowest BCUT2D eigenvalue weighted by atomic mass is 10.2. The summed E-state index contributed by atoms with van der Waals surface area (Å²) in [6.45, 7) is 0.216. The monoisotopic (exact) mass is 304 g/mol. The van der Waals surface area contributed by atoms with Crippen LogP contribution in [0.3, 0.4) is 0 Å². The highest BCUT2D eigenvalue weighted by Crippen LogP contribution is 2.11. The minimum atomic E-state index is -0.399. The molecule has 0 spiro atoms. The van der Waals surface area contributed by atoms with Gasteiger partial charge < -0.3 is 4.74 Å². The van der Waals surface area contributed by atoms with E-state index < -0.39 is 5.97 Å². The van der Waals surface area contributed by atoms with E-state index in [1.807, 2.05) is 72.8 Å². The minimum Gasteiger partial charge on any atom is -0.457 e. The molecule has 23 heavy (non-hydrogen) atoms. The summed E-state index contributed by atoms with van der Waals surface area (Å²) in [6.07, 6.45) is 6.85. The lowest BCUT2D eigenvalue weighted by molar-refractivity contribution is 0.0541. The van der Waals surface area contributed by atoms with E-state index in [4.69, 9.17) is 4.74 Å². The number of ether oxygens (including phenoxy) is 1. The zero-order valence-corrected chi connectivity index (χ0v) is 12.5. The number of aromatic nitrogens is 2. The molecule has 2 aromatic carbocycles. The van der Waals surface area contributed by atoms with Gasteiger partial charge in [-0.2, -0.15) is 0 Å². The summed E-state index contributed by atoms with van der Waals surface area (Å²) in [4.78, 5) is 16.2. The number of benzene rings is 2. The molecule has 1 aromatic heterocycles. The topological polar surface area (TPSA) is 44.1 Å². The number of hydrogen-bond donors (Lipinski definition) is 0. The molecule has 0 saturated carbocycles. The maximum absolute atomic E-state index is 12.2. The summed E-state index contributed by atoms with van der Waals surface area (Å²) in [5, 5.41) is 0. The molecule has 0 unspecified atom stereocenters. The van der Waals surface area contributed by atoms with Crippen LogP contribution in [0, 0.1) is 0 Å². The second-order valence-electron chi connectivity index (χ2n) is 4.90. The summed E-state index contributed by atoms with van der Waals surface area (Å²) < 4.78 is 7.00. The lowest BCUT2D eigenvalue weighted by Gasteiger charge is -2.07. The van der Waals surface area contributed by atoms with Crippen molar-refractivity contribution >= 4 is 12.0 Å². The van der Waals surface area contributed by atoms with Gasteiger partial charge in [-0.3, -0.25) is 4.57 Å². The highest BCUT2D eigenvalue weighted by Gasteiger charge is 2.13. The second kappa shape index (κ2) is 7.22. The Balaban J connectivity index is 1.64. The van der Waals surface area contributed by atoms with E-state index in [1.54, 1.807) is 10.9 Å². The Morgan fingerprint density at radius 3 is 2.48 bits per heavy atom. The first-order valence-electron chi connectivity index (χ1n) is 7.31. The summed E-state index contributed by atoms with van der Waals surface area (Å²) in [5.41, 5.74) is 2.35. The van der Waals surface area contributed by atoms with Gasteiger partial charge in [0, 0.05) is 5.69 Å². The van der Waals surface area contributed by atoms with Crippen LogP contribution in [0.1, 0.15) is 16.1 Å². The van der Waals surface area contributed by atoms with Crippen LogP contribution in [0.5, 0.6) is 0 Å². The number of carbonyl (C=O) groups is 1. The molecule has 0 atom stereocenters. The largest absolute Gasteiger partial charge is 0.457 e. The van der Waals surface area contributed by atoms with Crippen molar-refractivity contribution in [3.8, 4) is 5.69 Å². The maximum Gasteiger partial charge on any atom is 0.357 e. The van der Waals surface area contributed by atoms with E-state index in [9.17, 15) is 4.79 Å². The molecule has 0 radical (unpaired) electrons. The molecule has 0 saturated heterocycles. The molecule has 1 heterocycles. The van der Waals surface area contributed by atoms with Crippen LogP contribution in [-0.4, -0.2) is 22.1 Å². The highest BCUT2D eigenvalue weighted by atomic mass is 16.5. The van der Waals surface area contributed by atoms with Crippen molar-refractivity contribution in [3.63, 3.8) is 0 Å². The first-order chi connectivity index (χ1) is 11.3. The number of para-hydroxylation sites is 1. The first kappa shape index (κ1) is 14.8. The van der Waals surface area contributed by atoms with Gasteiger partial charge in [-0.15, -0.1) is 0 Å². The fourth-order valence-electron chi connectivity index (χ4n) is 2.19. The second-order valence-corrected chi connectivity index (χ2v) is 4.90. The smallest absolute Gasteiger partial charge is 0.357 e. The molecule has 0 amide bonds. The third-order valence-corrected chi connectivity index (χ3v) is 3.30. The number of esters is 1. The normalized spacial score (nSPS) is 10.8. The zero-order valence-electron chi connectivity index (χ0n) is 12.5. The van der Waals surface area contributed by atoms with Crippen molar-refractivity contribution < 1.29 is 9.53 Å². The van der Waals surface area contributed by atoms with Gasteiger partial charge in [0.2, 0.25) is 0 Å². The van der Waals surface area contributed by atoms with Crippen LogP contribution in [0.2, 0.25) is 0 Å². The van der Waals surface area contributed by atoms with E-state index in [0.717, 1.165) is 11.3 Å². The molecule has 4 heteroatoms. The fourth-order valence-corrected chi connectivity index (χ4v) is 2.19. The Morgan fingerprint density at radius 1 is 1.04 bits per heavy atom. The van der Waals surface area contributed by atoms with Crippen molar-refractivity contribution in [1.29, 1.82) is 0 Å². The van der Waals surface area contributed by atoms with Gasteiger partial charge in [-0.1, -0.05) is 54.6 Å². The van der Waals surface area contributed by atoms with E-state index in [1.165, 1.54) is 6.20 Å². The Kier molecular flexibility index (Phi) is 4.64. The van der Waals surface area contributed by atoms with Gasteiger partial charge in [0.05, 0.1) is 12.5 Å². The van der Waals surface area contributed by atoms with Crippen LogP contribution >= 0.6 is 0 Å². The van der Waals surface area contributed by atoms with Gasteiger partial charge in [0.1, 0.15) is 6.61 Å². The van der Waals surface area contributed by atoms with E-state index in [2.05, 4.69) is 4.98 Å². The maximum atomic E-state index is 12.2. The number of carbonyl (C=O) groups excluding carboxylic acids is 1. The number of nitrogens with zero attached hydrogens (tertiary/aromatic N) is 2. The minimum absolute atomic E-state index is 0.216. The van der Waals surface area contributed by atoms with Gasteiger partial charge in [0.15, 0.2) is 5.69 Å². The summed E-state index contributed by atoms with van der Waals surface area (Å²) in [5.74, 6) is -0.399. The molecule has 0 N–H and O–H groups in total. The van der Waals surface area contributed by atoms with Gasteiger partial charge >= 0.3 is 5.97 Å². The molecular weight excluding hydrogens is 288 g/mol. The van der Waals surface area contributed by atoms with Crippen molar-refractivity contribution in [1.82, 2.24) is 9.55 Å². The third kappa shape index (κ3) is 3.74. The summed E-state index contributed by atoms with van der Waals surface area (Å²) >= 11 is 0. The molecule has 0 bridgehead atoms. The fraction of sp³-hybridized carbons (Fsp3) is 0.0526. The quantitative estimate of drug-likeness (QED) is 0.674. The predicted molar refractivity (Wildman–Crippen MR) is 89.3 cm³/mol. The third-order valence-electron chi connectivity index (χ3n) is 3.30. The predicted octanol–water partition coefficient (Wildman–Crippen LogP) is 3.74. The van der Waals surface area contributed by atoms with Crippen LogP contribution in [0.4, 0.5) is 0 Å². The molecule has 0 aliphatic carbocycles. The van der Waals surface area contributed by atoms with E-state index >= 15 is 0 Å². The Bertz CT molecular complexity index is 793. The molecule has 0 aliphatic heterocycles. The molecule has 0 aliphatic rings. The molecular formula is C19H16N2O2. The van der Waals surface area contributed by atoms with Gasteiger partial charge in [0.25, 0.3) is 0 Å². The van der Waals surface area contributed by atoms with Crippen LogP contribution in [0.25, 0.3) is 11.8 Å². The Labute approximate surface area is 134 Å². The standard InChI is InChI=1S/C19H16N2O2/c22-19(23-13-7-10-16-8-3-1-4-9-16)18-14-20-15-21(18)17-11-5-2-6-12-17/h1-12,14-15H,13H2/b10-7+. The zero-order chi connectivity index (χ0) is 15.9. The Morgan fingerprint density at radius 2 is 1.74 bits per heavy atom. The van der Waals surface area contributed by atoms with Crippen LogP contribution in [0.15, 0.2) is 79.3 Å². The van der Waals surface area contributed by atoms with Crippen molar-refractivity contribution in [2.24, 2.45) is 0 Å². The molecule has 4 nitrogen and oxygen atoms in total. The number of rotatable bonds is 5. The van der Waals surface area contributed by atoms with Gasteiger partial charge in [-0.05, 0) is 23.8 Å². The van der Waals surface area contributed by atoms with E-state index in [-0.39, 0.29) is 6.61 Å². The SMILES string of the molecule is O=C(OC/C=C/c1ccccc1)c1cncn1-c1ccccc1.